The molecular weight excluding hydrogens is 270 g/mol. The minimum atomic E-state index is 0.398. The highest BCUT2D eigenvalue weighted by atomic mass is 32.1. The van der Waals surface area contributed by atoms with Crippen molar-refractivity contribution in [2.75, 3.05) is 24.3 Å². The van der Waals surface area contributed by atoms with Crippen LogP contribution >= 0.6 is 11.3 Å². The molecule has 1 aromatic carbocycles. The van der Waals surface area contributed by atoms with Crippen LogP contribution in [0.1, 0.15) is 11.3 Å². The third-order valence-corrected chi connectivity index (χ3v) is 3.68. The first-order chi connectivity index (χ1) is 9.54. The van der Waals surface area contributed by atoms with Crippen molar-refractivity contribution in [2.24, 2.45) is 10.7 Å². The smallest absolute Gasteiger partial charge is 0.193 e. The van der Waals surface area contributed by atoms with Gasteiger partial charge in [-0.1, -0.05) is 12.1 Å². The minimum absolute atomic E-state index is 0.398. The molecule has 0 aliphatic carbocycles. The van der Waals surface area contributed by atoms with Crippen LogP contribution in [0.25, 0.3) is 0 Å². The molecule has 0 unspecified atom stereocenters. The molecule has 0 spiro atoms. The van der Waals surface area contributed by atoms with Gasteiger partial charge in [-0.3, -0.25) is 0 Å². The summed E-state index contributed by atoms with van der Waals surface area (Å²) in [6.07, 6.45) is 0. The van der Waals surface area contributed by atoms with Crippen LogP contribution in [0.15, 0.2) is 34.6 Å². The van der Waals surface area contributed by atoms with Gasteiger partial charge in [-0.05, 0) is 24.6 Å². The van der Waals surface area contributed by atoms with Crippen molar-refractivity contribution in [3.63, 3.8) is 0 Å². The van der Waals surface area contributed by atoms with Crippen molar-refractivity contribution < 1.29 is 0 Å². The highest BCUT2D eigenvalue weighted by molar-refractivity contribution is 7.13. The summed E-state index contributed by atoms with van der Waals surface area (Å²) in [6.45, 7) is 2.52. The Morgan fingerprint density at radius 1 is 1.45 bits per heavy atom. The van der Waals surface area contributed by atoms with Gasteiger partial charge < -0.3 is 16.0 Å². The number of hydrogen-bond acceptors (Lipinski definition) is 4. The molecule has 0 saturated heterocycles. The summed E-state index contributed by atoms with van der Waals surface area (Å²) < 4.78 is 0. The summed E-state index contributed by atoms with van der Waals surface area (Å²) >= 11 is 1.60. The normalized spacial score (nSPS) is 11.4. The molecule has 2 rings (SSSR count). The minimum Gasteiger partial charge on any atom is -0.370 e. The van der Waals surface area contributed by atoms with E-state index in [0.29, 0.717) is 12.5 Å². The number of benzene rings is 1. The summed E-state index contributed by atoms with van der Waals surface area (Å²) in [6, 6.07) is 8.00. The van der Waals surface area contributed by atoms with E-state index in [2.05, 4.69) is 15.3 Å². The van der Waals surface area contributed by atoms with Gasteiger partial charge in [0.05, 0.1) is 12.2 Å². The molecule has 3 N–H and O–H groups in total. The maximum absolute atomic E-state index is 5.87. The predicted molar refractivity (Wildman–Crippen MR) is 86.6 cm³/mol. The van der Waals surface area contributed by atoms with Gasteiger partial charge in [0.25, 0.3) is 0 Å². The van der Waals surface area contributed by atoms with E-state index in [1.165, 1.54) is 5.56 Å². The third kappa shape index (κ3) is 3.96. The average molecular weight is 289 g/mol. The van der Waals surface area contributed by atoms with Gasteiger partial charge in [-0.15, -0.1) is 11.3 Å². The largest absolute Gasteiger partial charge is 0.370 e. The van der Waals surface area contributed by atoms with Gasteiger partial charge in [0.1, 0.15) is 0 Å². The lowest BCUT2D eigenvalue weighted by Crippen LogP contribution is -2.22. The van der Waals surface area contributed by atoms with E-state index < -0.39 is 0 Å². The van der Waals surface area contributed by atoms with Crippen LogP contribution in [0.5, 0.6) is 0 Å². The number of aromatic nitrogens is 1. The van der Waals surface area contributed by atoms with E-state index in [9.17, 15) is 0 Å². The molecule has 0 atom stereocenters. The maximum atomic E-state index is 5.87. The second-order valence-electron chi connectivity index (χ2n) is 4.71. The maximum Gasteiger partial charge on any atom is 0.193 e. The molecule has 0 fully saturated rings. The molecule has 6 heteroatoms. The number of aryl methyl sites for hydroxylation is 1. The van der Waals surface area contributed by atoms with Crippen LogP contribution in [0.2, 0.25) is 0 Å². The fourth-order valence-corrected chi connectivity index (χ4v) is 2.40. The average Bonchev–Trinajstić information content (AvgIpc) is 2.85. The topological polar surface area (TPSA) is 66.5 Å². The van der Waals surface area contributed by atoms with Crippen LogP contribution in [-0.4, -0.2) is 25.0 Å². The molecule has 0 saturated carbocycles. The fourth-order valence-electron chi connectivity index (χ4n) is 1.65. The zero-order valence-electron chi connectivity index (χ0n) is 11.9. The Bertz CT molecular complexity index is 603. The molecule has 1 heterocycles. The highest BCUT2D eigenvalue weighted by Gasteiger charge is 2.03. The molecule has 2 aromatic rings. The van der Waals surface area contributed by atoms with E-state index in [1.807, 2.05) is 55.6 Å². The van der Waals surface area contributed by atoms with Crippen LogP contribution in [0.4, 0.5) is 10.8 Å². The number of anilines is 2. The number of hydrogen-bond donors (Lipinski definition) is 2. The third-order valence-electron chi connectivity index (χ3n) is 2.62. The van der Waals surface area contributed by atoms with Crippen molar-refractivity contribution >= 4 is 28.1 Å². The van der Waals surface area contributed by atoms with Crippen molar-refractivity contribution in [2.45, 2.75) is 13.5 Å². The Morgan fingerprint density at radius 3 is 2.90 bits per heavy atom. The number of nitrogens with one attached hydrogen (secondary N) is 1. The lowest BCUT2D eigenvalue weighted by Gasteiger charge is -2.06. The zero-order valence-corrected chi connectivity index (χ0v) is 12.7. The molecule has 5 nitrogen and oxygen atoms in total. The summed E-state index contributed by atoms with van der Waals surface area (Å²) in [5.41, 5.74) is 8.92. The van der Waals surface area contributed by atoms with E-state index in [-0.39, 0.29) is 0 Å². The van der Waals surface area contributed by atoms with Crippen LogP contribution < -0.4 is 16.0 Å². The fraction of sp³-hybridized carbons (Fsp3) is 0.286. The second kappa shape index (κ2) is 6.38. The molecule has 0 bridgehead atoms. The Hall–Kier alpha value is -2.08. The monoisotopic (exact) mass is 289 g/mol. The van der Waals surface area contributed by atoms with E-state index >= 15 is 0 Å². The van der Waals surface area contributed by atoms with E-state index in [0.717, 1.165) is 16.5 Å². The Kier molecular flexibility index (Phi) is 4.57. The van der Waals surface area contributed by atoms with Gasteiger partial charge in [-0.25, -0.2) is 9.98 Å². The number of nitrogens with two attached hydrogens (primary N) is 1. The summed E-state index contributed by atoms with van der Waals surface area (Å²) in [4.78, 5) is 10.7. The summed E-state index contributed by atoms with van der Waals surface area (Å²) in [5, 5.41) is 6.05. The number of nitrogens with zero attached hydrogens (tertiary/aromatic N) is 3. The second-order valence-corrected chi connectivity index (χ2v) is 5.55. The Balaban J connectivity index is 1.96. The van der Waals surface area contributed by atoms with Crippen molar-refractivity contribution in [1.82, 2.24) is 4.98 Å². The van der Waals surface area contributed by atoms with Gasteiger partial charge in [0.2, 0.25) is 0 Å². The molecule has 0 amide bonds. The Morgan fingerprint density at radius 2 is 2.25 bits per heavy atom. The number of aliphatic imine (C=N–C) groups is 1. The Labute approximate surface area is 123 Å². The van der Waals surface area contributed by atoms with E-state index in [1.54, 1.807) is 11.3 Å². The van der Waals surface area contributed by atoms with Crippen molar-refractivity contribution in [3.8, 4) is 0 Å². The zero-order chi connectivity index (χ0) is 14.5. The lowest BCUT2D eigenvalue weighted by atomic mass is 10.2. The van der Waals surface area contributed by atoms with Gasteiger partial charge >= 0.3 is 0 Å². The summed E-state index contributed by atoms with van der Waals surface area (Å²) in [5.74, 6) is 0.398. The number of guanidine groups is 1. The molecule has 0 radical (unpaired) electrons. The molecule has 20 heavy (non-hydrogen) atoms. The molecular formula is C14H19N5S. The lowest BCUT2D eigenvalue weighted by molar-refractivity contribution is 0.986. The summed E-state index contributed by atoms with van der Waals surface area (Å²) in [7, 11) is 3.94. The molecule has 106 valence electrons. The molecule has 0 aliphatic rings. The van der Waals surface area contributed by atoms with Gasteiger partial charge in [0, 0.05) is 25.2 Å². The van der Waals surface area contributed by atoms with Crippen LogP contribution in [0.3, 0.4) is 0 Å². The number of thiazole rings is 1. The quantitative estimate of drug-likeness (QED) is 0.670. The first-order valence-corrected chi connectivity index (χ1v) is 7.18. The molecule has 0 aliphatic heterocycles. The van der Waals surface area contributed by atoms with Crippen molar-refractivity contribution in [1.29, 1.82) is 0 Å². The number of rotatable bonds is 4. The standard InChI is InChI=1S/C14H19N5S/c1-10-5-4-6-11(7-10)17-13(15)16-8-12-9-20-14(18-12)19(2)3/h4-7,9H,8H2,1-3H3,(H3,15,16,17). The van der Waals surface area contributed by atoms with E-state index in [4.69, 9.17) is 5.73 Å². The first-order valence-electron chi connectivity index (χ1n) is 6.30. The highest BCUT2D eigenvalue weighted by Crippen LogP contribution is 2.18. The van der Waals surface area contributed by atoms with Crippen LogP contribution in [0, 0.1) is 6.92 Å². The molecule has 1 aromatic heterocycles. The van der Waals surface area contributed by atoms with Gasteiger partial charge in [0.15, 0.2) is 11.1 Å². The first kappa shape index (κ1) is 14.3. The van der Waals surface area contributed by atoms with Gasteiger partial charge in [-0.2, -0.15) is 0 Å². The SMILES string of the molecule is Cc1cccc(NC(N)=NCc2csc(N(C)C)n2)c1. The predicted octanol–water partition coefficient (Wildman–Crippen LogP) is 2.44. The van der Waals surface area contributed by atoms with Crippen LogP contribution in [-0.2, 0) is 6.54 Å². The van der Waals surface area contributed by atoms with Crippen molar-refractivity contribution in [3.05, 3.63) is 40.9 Å².